The molecule has 21 heavy (non-hydrogen) atoms. The molecule has 0 amide bonds. The van der Waals surface area contributed by atoms with E-state index in [4.69, 9.17) is 5.73 Å². The Bertz CT molecular complexity index is 577. The van der Waals surface area contributed by atoms with E-state index in [1.54, 1.807) is 4.31 Å². The van der Waals surface area contributed by atoms with Crippen LogP contribution in [0.5, 0.6) is 0 Å². The normalized spacial score (nSPS) is 21.5. The predicted octanol–water partition coefficient (Wildman–Crippen LogP) is 1.33. The maximum atomic E-state index is 12.4. The standard InChI is InChI=1S/C14H23N3O2S2/c1-12-11-16(2)6-7-17(12)21(18,19)9-8-20-14-5-3-4-13(15)10-14/h3-5,10,12H,6-9,11,15H2,1-2H3. The van der Waals surface area contributed by atoms with E-state index in [0.717, 1.165) is 18.0 Å². The third-order valence-electron chi connectivity index (χ3n) is 3.60. The summed E-state index contributed by atoms with van der Waals surface area (Å²) in [6.07, 6.45) is 0. The van der Waals surface area contributed by atoms with Crippen molar-refractivity contribution in [3.63, 3.8) is 0 Å². The van der Waals surface area contributed by atoms with E-state index in [2.05, 4.69) is 4.90 Å². The lowest BCUT2D eigenvalue weighted by Crippen LogP contribution is -2.53. The van der Waals surface area contributed by atoms with Gasteiger partial charge in [0.15, 0.2) is 0 Å². The number of hydrogen-bond donors (Lipinski definition) is 1. The highest BCUT2D eigenvalue weighted by Crippen LogP contribution is 2.21. The molecule has 1 aromatic rings. The SMILES string of the molecule is CC1CN(C)CCN1S(=O)(=O)CCSc1cccc(N)c1. The molecule has 1 aliphatic rings. The summed E-state index contributed by atoms with van der Waals surface area (Å²) < 4.78 is 26.5. The van der Waals surface area contributed by atoms with E-state index >= 15 is 0 Å². The number of nitrogens with zero attached hydrogens (tertiary/aromatic N) is 2. The molecule has 1 saturated heterocycles. The van der Waals surface area contributed by atoms with E-state index in [1.807, 2.05) is 38.2 Å². The highest BCUT2D eigenvalue weighted by atomic mass is 32.2. The molecule has 7 heteroatoms. The Balaban J connectivity index is 1.89. The quantitative estimate of drug-likeness (QED) is 0.652. The molecule has 2 rings (SSSR count). The lowest BCUT2D eigenvalue weighted by molar-refractivity contribution is 0.170. The van der Waals surface area contributed by atoms with Gasteiger partial charge in [0, 0.05) is 42.0 Å². The lowest BCUT2D eigenvalue weighted by Gasteiger charge is -2.37. The fourth-order valence-electron chi connectivity index (χ4n) is 2.52. The Labute approximate surface area is 131 Å². The van der Waals surface area contributed by atoms with Crippen LogP contribution in [0.2, 0.25) is 0 Å². The Morgan fingerprint density at radius 1 is 1.38 bits per heavy atom. The van der Waals surface area contributed by atoms with E-state index in [-0.39, 0.29) is 11.8 Å². The zero-order valence-electron chi connectivity index (χ0n) is 12.5. The van der Waals surface area contributed by atoms with E-state index < -0.39 is 10.0 Å². The van der Waals surface area contributed by atoms with Crippen molar-refractivity contribution in [2.45, 2.75) is 17.9 Å². The van der Waals surface area contributed by atoms with Crippen molar-refractivity contribution in [1.29, 1.82) is 0 Å². The van der Waals surface area contributed by atoms with Crippen LogP contribution in [0.25, 0.3) is 0 Å². The van der Waals surface area contributed by atoms with Crippen molar-refractivity contribution in [3.8, 4) is 0 Å². The molecular weight excluding hydrogens is 306 g/mol. The van der Waals surface area contributed by atoms with Crippen molar-refractivity contribution in [2.24, 2.45) is 0 Å². The van der Waals surface area contributed by atoms with E-state index in [9.17, 15) is 8.42 Å². The Hall–Kier alpha value is -0.760. The number of hydrogen-bond acceptors (Lipinski definition) is 5. The first-order valence-corrected chi connectivity index (χ1v) is 9.64. The van der Waals surface area contributed by atoms with Gasteiger partial charge in [-0.05, 0) is 32.2 Å². The number of anilines is 1. The van der Waals surface area contributed by atoms with Crippen LogP contribution in [0.4, 0.5) is 5.69 Å². The molecule has 2 N–H and O–H groups in total. The van der Waals surface area contributed by atoms with Gasteiger partial charge in [-0.3, -0.25) is 0 Å². The summed E-state index contributed by atoms with van der Waals surface area (Å²) in [7, 11) is -1.16. The molecule has 0 aliphatic carbocycles. The van der Waals surface area contributed by atoms with Gasteiger partial charge in [0.1, 0.15) is 0 Å². The van der Waals surface area contributed by atoms with Gasteiger partial charge in [-0.1, -0.05) is 6.07 Å². The van der Waals surface area contributed by atoms with Gasteiger partial charge in [-0.2, -0.15) is 4.31 Å². The molecule has 118 valence electrons. The van der Waals surface area contributed by atoms with Gasteiger partial charge in [-0.15, -0.1) is 11.8 Å². The highest BCUT2D eigenvalue weighted by Gasteiger charge is 2.30. The van der Waals surface area contributed by atoms with Crippen LogP contribution in [-0.4, -0.2) is 61.9 Å². The minimum absolute atomic E-state index is 0.0473. The predicted molar refractivity (Wildman–Crippen MR) is 89.0 cm³/mol. The van der Waals surface area contributed by atoms with Crippen molar-refractivity contribution in [2.75, 3.05) is 43.9 Å². The number of piperazine rings is 1. The monoisotopic (exact) mass is 329 g/mol. The summed E-state index contributed by atoms with van der Waals surface area (Å²) in [6, 6.07) is 7.58. The van der Waals surface area contributed by atoms with Crippen molar-refractivity contribution in [3.05, 3.63) is 24.3 Å². The minimum Gasteiger partial charge on any atom is -0.399 e. The molecule has 1 heterocycles. The molecule has 5 nitrogen and oxygen atoms in total. The van der Waals surface area contributed by atoms with Gasteiger partial charge in [0.05, 0.1) is 5.75 Å². The lowest BCUT2D eigenvalue weighted by atomic mass is 10.2. The van der Waals surface area contributed by atoms with E-state index in [0.29, 0.717) is 18.0 Å². The summed E-state index contributed by atoms with van der Waals surface area (Å²) in [6.45, 7) is 4.15. The van der Waals surface area contributed by atoms with Gasteiger partial charge in [-0.25, -0.2) is 8.42 Å². The van der Waals surface area contributed by atoms with Crippen molar-refractivity contribution in [1.82, 2.24) is 9.21 Å². The first kappa shape index (κ1) is 16.6. The molecule has 0 bridgehead atoms. The molecular formula is C14H23N3O2S2. The Morgan fingerprint density at radius 3 is 2.81 bits per heavy atom. The number of nitrogens with two attached hydrogens (primary N) is 1. The fourth-order valence-corrected chi connectivity index (χ4v) is 5.54. The van der Waals surface area contributed by atoms with Crippen molar-refractivity contribution < 1.29 is 8.42 Å². The topological polar surface area (TPSA) is 66.6 Å². The molecule has 1 aromatic carbocycles. The van der Waals surface area contributed by atoms with Crippen LogP contribution < -0.4 is 5.73 Å². The second-order valence-corrected chi connectivity index (χ2v) is 8.67. The third kappa shape index (κ3) is 4.60. The second-order valence-electron chi connectivity index (χ2n) is 5.46. The third-order valence-corrected chi connectivity index (χ3v) is 6.83. The molecule has 0 aromatic heterocycles. The zero-order chi connectivity index (χ0) is 15.5. The summed E-state index contributed by atoms with van der Waals surface area (Å²) in [5.41, 5.74) is 6.42. The fraction of sp³-hybridized carbons (Fsp3) is 0.571. The largest absolute Gasteiger partial charge is 0.399 e. The van der Waals surface area contributed by atoms with Gasteiger partial charge >= 0.3 is 0 Å². The van der Waals surface area contributed by atoms with Gasteiger partial charge in [0.2, 0.25) is 10.0 Å². The van der Waals surface area contributed by atoms with Crippen LogP contribution >= 0.6 is 11.8 Å². The van der Waals surface area contributed by atoms with Crippen LogP contribution in [0.1, 0.15) is 6.92 Å². The average Bonchev–Trinajstić information content (AvgIpc) is 2.38. The van der Waals surface area contributed by atoms with E-state index in [1.165, 1.54) is 11.8 Å². The van der Waals surface area contributed by atoms with Crippen LogP contribution in [0.15, 0.2) is 29.2 Å². The number of nitrogen functional groups attached to an aromatic ring is 1. The maximum absolute atomic E-state index is 12.4. The number of likely N-dealkylation sites (N-methyl/N-ethyl adjacent to an activating group) is 1. The molecule has 0 saturated carbocycles. The summed E-state index contributed by atoms with van der Waals surface area (Å²) >= 11 is 1.53. The summed E-state index contributed by atoms with van der Waals surface area (Å²) in [4.78, 5) is 3.18. The molecule has 1 aliphatic heterocycles. The smallest absolute Gasteiger partial charge is 0.215 e. The molecule has 1 fully saturated rings. The zero-order valence-corrected chi connectivity index (χ0v) is 14.2. The van der Waals surface area contributed by atoms with Crippen LogP contribution in [0, 0.1) is 0 Å². The molecule has 1 atom stereocenters. The van der Waals surface area contributed by atoms with Gasteiger partial charge < -0.3 is 10.6 Å². The Kier molecular flexibility index (Phi) is 5.54. The van der Waals surface area contributed by atoms with Crippen LogP contribution in [0.3, 0.4) is 0 Å². The number of sulfonamides is 1. The molecule has 0 spiro atoms. The summed E-state index contributed by atoms with van der Waals surface area (Å²) in [5, 5.41) is 0. The number of benzene rings is 1. The first-order valence-electron chi connectivity index (χ1n) is 7.05. The number of rotatable bonds is 5. The highest BCUT2D eigenvalue weighted by molar-refractivity contribution is 8.00. The number of thioether (sulfide) groups is 1. The Morgan fingerprint density at radius 2 is 2.14 bits per heavy atom. The first-order chi connectivity index (χ1) is 9.88. The molecule has 1 unspecified atom stereocenters. The average molecular weight is 329 g/mol. The second kappa shape index (κ2) is 7.00. The van der Waals surface area contributed by atoms with Crippen LogP contribution in [-0.2, 0) is 10.0 Å². The maximum Gasteiger partial charge on any atom is 0.215 e. The van der Waals surface area contributed by atoms with Gasteiger partial charge in [0.25, 0.3) is 0 Å². The minimum atomic E-state index is -3.18. The van der Waals surface area contributed by atoms with Crippen molar-refractivity contribution >= 4 is 27.5 Å². The summed E-state index contributed by atoms with van der Waals surface area (Å²) in [5.74, 6) is 0.714. The molecule has 0 radical (unpaired) electrons.